The van der Waals surface area contributed by atoms with Gasteiger partial charge in [0, 0.05) is 11.1 Å². The molecular formula is C20H21N5O2S. The highest BCUT2D eigenvalue weighted by molar-refractivity contribution is 7.80. The van der Waals surface area contributed by atoms with Gasteiger partial charge in [-0.05, 0) is 50.7 Å². The summed E-state index contributed by atoms with van der Waals surface area (Å²) in [6.45, 7) is 5.63. The van der Waals surface area contributed by atoms with Crippen LogP contribution in [0.25, 0.3) is 10.8 Å². The van der Waals surface area contributed by atoms with Crippen LogP contribution in [-0.4, -0.2) is 20.8 Å². The molecule has 144 valence electrons. The first kappa shape index (κ1) is 19.5. The number of carbonyl (C=O) groups excluding carboxylic acids is 1. The standard InChI is InChI=1S/C20H21N5O2S/c1-12(2)25-19(27)15-10-6-5-9-14(15)17(24-25)18(26)22-23-20(28)21-16-11-7-4-8-13(16)3/h4-12H,1-3H3,(H,22,26)(H2,21,23,28). The molecule has 1 aromatic heterocycles. The molecule has 7 nitrogen and oxygen atoms in total. The molecule has 1 amide bonds. The third kappa shape index (κ3) is 4.01. The Balaban J connectivity index is 1.82. The van der Waals surface area contributed by atoms with Gasteiger partial charge in [0.2, 0.25) is 0 Å². The van der Waals surface area contributed by atoms with Crippen molar-refractivity contribution in [1.29, 1.82) is 0 Å². The van der Waals surface area contributed by atoms with Crippen molar-refractivity contribution in [2.75, 3.05) is 5.32 Å². The fraction of sp³-hybridized carbons (Fsp3) is 0.200. The number of rotatable bonds is 3. The smallest absolute Gasteiger partial charge is 0.290 e. The normalized spacial score (nSPS) is 10.7. The second kappa shape index (κ2) is 8.18. The van der Waals surface area contributed by atoms with E-state index in [9.17, 15) is 9.59 Å². The van der Waals surface area contributed by atoms with Gasteiger partial charge in [-0.15, -0.1) is 0 Å². The van der Waals surface area contributed by atoms with Crippen LogP contribution in [-0.2, 0) is 0 Å². The third-order valence-corrected chi connectivity index (χ3v) is 4.42. The van der Waals surface area contributed by atoms with E-state index in [1.54, 1.807) is 24.3 Å². The number of anilines is 1. The van der Waals surface area contributed by atoms with Crippen molar-refractivity contribution in [2.45, 2.75) is 26.8 Å². The number of benzene rings is 2. The molecular weight excluding hydrogens is 374 g/mol. The number of hydrazine groups is 1. The summed E-state index contributed by atoms with van der Waals surface area (Å²) in [6, 6.07) is 14.4. The van der Waals surface area contributed by atoms with Gasteiger partial charge >= 0.3 is 0 Å². The van der Waals surface area contributed by atoms with Gasteiger partial charge in [-0.3, -0.25) is 20.4 Å². The molecule has 0 saturated heterocycles. The van der Waals surface area contributed by atoms with E-state index in [1.165, 1.54) is 4.68 Å². The summed E-state index contributed by atoms with van der Waals surface area (Å²) in [7, 11) is 0. The van der Waals surface area contributed by atoms with Gasteiger partial charge in [-0.2, -0.15) is 5.10 Å². The molecule has 0 radical (unpaired) electrons. The molecule has 0 aliphatic rings. The summed E-state index contributed by atoms with van der Waals surface area (Å²) >= 11 is 5.24. The van der Waals surface area contributed by atoms with Gasteiger partial charge < -0.3 is 5.32 Å². The number of fused-ring (bicyclic) bond motifs is 1. The molecule has 3 N–H and O–H groups in total. The predicted molar refractivity (Wildman–Crippen MR) is 114 cm³/mol. The predicted octanol–water partition coefficient (Wildman–Crippen LogP) is 2.92. The highest BCUT2D eigenvalue weighted by atomic mass is 32.1. The fourth-order valence-electron chi connectivity index (χ4n) is 2.76. The van der Waals surface area contributed by atoms with Crippen molar-refractivity contribution in [3.63, 3.8) is 0 Å². The van der Waals surface area contributed by atoms with Crippen LogP contribution in [0.3, 0.4) is 0 Å². The van der Waals surface area contributed by atoms with Crippen LogP contribution >= 0.6 is 12.2 Å². The molecule has 0 fully saturated rings. The summed E-state index contributed by atoms with van der Waals surface area (Å²) < 4.78 is 1.31. The highest BCUT2D eigenvalue weighted by Gasteiger charge is 2.18. The number of nitrogens with one attached hydrogen (secondary N) is 3. The highest BCUT2D eigenvalue weighted by Crippen LogP contribution is 2.15. The number of para-hydroxylation sites is 1. The van der Waals surface area contributed by atoms with Crippen molar-refractivity contribution in [3.8, 4) is 0 Å². The van der Waals surface area contributed by atoms with E-state index >= 15 is 0 Å². The molecule has 8 heteroatoms. The van der Waals surface area contributed by atoms with E-state index in [0.717, 1.165) is 11.3 Å². The van der Waals surface area contributed by atoms with E-state index < -0.39 is 5.91 Å². The summed E-state index contributed by atoms with van der Waals surface area (Å²) in [4.78, 5) is 25.3. The lowest BCUT2D eigenvalue weighted by Crippen LogP contribution is -2.44. The lowest BCUT2D eigenvalue weighted by molar-refractivity contribution is 0.0938. The van der Waals surface area contributed by atoms with Crippen LogP contribution in [0.4, 0.5) is 5.69 Å². The summed E-state index contributed by atoms with van der Waals surface area (Å²) in [6.07, 6.45) is 0. The van der Waals surface area contributed by atoms with E-state index in [2.05, 4.69) is 21.3 Å². The third-order valence-electron chi connectivity index (χ3n) is 4.22. The van der Waals surface area contributed by atoms with Gasteiger partial charge in [0.15, 0.2) is 10.8 Å². The maximum atomic E-state index is 12.7. The quantitative estimate of drug-likeness (QED) is 0.467. The van der Waals surface area contributed by atoms with E-state index in [1.807, 2.05) is 45.0 Å². The lowest BCUT2D eigenvalue weighted by Gasteiger charge is -2.15. The first-order valence-electron chi connectivity index (χ1n) is 8.83. The minimum absolute atomic E-state index is 0.148. The molecule has 1 heterocycles. The average molecular weight is 395 g/mol. The van der Waals surface area contributed by atoms with Crippen molar-refractivity contribution >= 4 is 39.7 Å². The number of hydrogen-bond donors (Lipinski definition) is 3. The second-order valence-electron chi connectivity index (χ2n) is 6.59. The molecule has 0 saturated carbocycles. The van der Waals surface area contributed by atoms with Crippen LogP contribution in [0.1, 0.15) is 35.9 Å². The largest absolute Gasteiger partial charge is 0.331 e. The number of thiocarbonyl (C=S) groups is 1. The second-order valence-corrected chi connectivity index (χ2v) is 6.99. The van der Waals surface area contributed by atoms with Crippen molar-refractivity contribution in [1.82, 2.24) is 20.6 Å². The van der Waals surface area contributed by atoms with E-state index in [4.69, 9.17) is 12.2 Å². The zero-order valence-electron chi connectivity index (χ0n) is 15.8. The summed E-state index contributed by atoms with van der Waals surface area (Å²) in [5.41, 5.74) is 7.00. The minimum atomic E-state index is -0.487. The van der Waals surface area contributed by atoms with Crippen LogP contribution in [0, 0.1) is 6.92 Å². The first-order valence-corrected chi connectivity index (χ1v) is 9.24. The number of hydrogen-bond acceptors (Lipinski definition) is 4. The molecule has 0 spiro atoms. The van der Waals surface area contributed by atoms with E-state index in [-0.39, 0.29) is 22.4 Å². The Labute approximate surface area is 167 Å². The molecule has 2 aromatic carbocycles. The zero-order chi connectivity index (χ0) is 20.3. The first-order chi connectivity index (χ1) is 13.4. The van der Waals surface area contributed by atoms with Gasteiger partial charge in [0.25, 0.3) is 11.5 Å². The number of carbonyl (C=O) groups is 1. The molecule has 0 bridgehead atoms. The Hall–Kier alpha value is -3.26. The molecule has 0 aliphatic heterocycles. The minimum Gasteiger partial charge on any atom is -0.331 e. The fourth-order valence-corrected chi connectivity index (χ4v) is 2.92. The SMILES string of the molecule is Cc1ccccc1NC(=S)NNC(=O)c1nn(C(C)C)c(=O)c2ccccc12. The Morgan fingerprint density at radius 1 is 1.04 bits per heavy atom. The number of amides is 1. The molecule has 3 rings (SSSR count). The Morgan fingerprint density at radius 2 is 1.68 bits per heavy atom. The monoisotopic (exact) mass is 395 g/mol. The van der Waals surface area contributed by atoms with Crippen LogP contribution in [0.15, 0.2) is 53.3 Å². The van der Waals surface area contributed by atoms with Crippen molar-refractivity contribution in [3.05, 3.63) is 70.1 Å². The van der Waals surface area contributed by atoms with Gasteiger partial charge in [0.1, 0.15) is 0 Å². The van der Waals surface area contributed by atoms with Gasteiger partial charge in [-0.1, -0.05) is 36.4 Å². The molecule has 3 aromatic rings. The number of aryl methyl sites for hydroxylation is 1. The Morgan fingerprint density at radius 3 is 2.36 bits per heavy atom. The molecule has 0 unspecified atom stereocenters. The topological polar surface area (TPSA) is 88.0 Å². The molecule has 28 heavy (non-hydrogen) atoms. The van der Waals surface area contributed by atoms with Crippen molar-refractivity contribution in [2.24, 2.45) is 0 Å². The summed E-state index contributed by atoms with van der Waals surface area (Å²) in [5.74, 6) is -0.487. The number of aromatic nitrogens is 2. The Bertz CT molecular complexity index is 1110. The van der Waals surface area contributed by atoms with E-state index in [0.29, 0.717) is 10.8 Å². The van der Waals surface area contributed by atoms with Gasteiger partial charge in [0.05, 0.1) is 11.4 Å². The van der Waals surface area contributed by atoms with Crippen LogP contribution < -0.4 is 21.7 Å². The Kier molecular flexibility index (Phi) is 5.70. The average Bonchev–Trinajstić information content (AvgIpc) is 2.68. The summed E-state index contributed by atoms with van der Waals surface area (Å²) in [5, 5.41) is 8.46. The van der Waals surface area contributed by atoms with Crippen molar-refractivity contribution < 1.29 is 4.79 Å². The van der Waals surface area contributed by atoms with Crippen LogP contribution in [0.2, 0.25) is 0 Å². The maximum Gasteiger partial charge on any atom is 0.290 e. The van der Waals surface area contributed by atoms with Gasteiger partial charge in [-0.25, -0.2) is 4.68 Å². The lowest BCUT2D eigenvalue weighted by atomic mass is 10.1. The maximum absolute atomic E-state index is 12.7. The number of nitrogens with zero attached hydrogens (tertiary/aromatic N) is 2. The zero-order valence-corrected chi connectivity index (χ0v) is 16.6. The van der Waals surface area contributed by atoms with Crippen LogP contribution in [0.5, 0.6) is 0 Å². The molecule has 0 aliphatic carbocycles. The molecule has 0 atom stereocenters.